The Morgan fingerprint density at radius 1 is 1.31 bits per heavy atom. The van der Waals surface area contributed by atoms with Crippen molar-refractivity contribution in [2.24, 2.45) is 0 Å². The van der Waals surface area contributed by atoms with Gasteiger partial charge in [-0.15, -0.1) is 0 Å². The molecule has 84 valence electrons. The van der Waals surface area contributed by atoms with Crippen LogP contribution in [-0.4, -0.2) is 24.2 Å². The smallest absolute Gasteiger partial charge is 0.175 e. The monoisotopic (exact) mass is 348 g/mol. The summed E-state index contributed by atoms with van der Waals surface area (Å²) in [5, 5.41) is 0. The third kappa shape index (κ3) is 2.43. The standard InChI is InChI=1S/C10H9IN2O2S/c1-16(14,15)10-5-8(11)4-9(6-10)13-3-2-12-7-13/h2-7H,1H3. The van der Waals surface area contributed by atoms with Gasteiger partial charge in [0, 0.05) is 27.9 Å². The lowest BCUT2D eigenvalue weighted by atomic mass is 10.3. The second kappa shape index (κ2) is 4.17. The fraction of sp³-hybridized carbons (Fsp3) is 0.100. The van der Waals surface area contributed by atoms with E-state index in [-0.39, 0.29) is 0 Å². The van der Waals surface area contributed by atoms with Gasteiger partial charge < -0.3 is 4.57 Å². The van der Waals surface area contributed by atoms with Crippen molar-refractivity contribution >= 4 is 32.4 Å². The minimum Gasteiger partial charge on any atom is -0.306 e. The normalized spacial score (nSPS) is 11.6. The van der Waals surface area contributed by atoms with Gasteiger partial charge in [-0.2, -0.15) is 0 Å². The van der Waals surface area contributed by atoms with Crippen molar-refractivity contribution in [2.75, 3.05) is 6.26 Å². The second-order valence-corrected chi connectivity index (χ2v) is 6.65. The molecule has 0 atom stereocenters. The largest absolute Gasteiger partial charge is 0.306 e. The first kappa shape index (κ1) is 11.6. The van der Waals surface area contributed by atoms with Crippen molar-refractivity contribution in [3.8, 4) is 5.69 Å². The van der Waals surface area contributed by atoms with Crippen molar-refractivity contribution in [1.82, 2.24) is 9.55 Å². The molecule has 0 aliphatic rings. The molecular weight excluding hydrogens is 339 g/mol. The Morgan fingerprint density at radius 2 is 2.06 bits per heavy atom. The number of sulfone groups is 1. The van der Waals surface area contributed by atoms with Gasteiger partial charge in [0.2, 0.25) is 0 Å². The summed E-state index contributed by atoms with van der Waals surface area (Å²) in [7, 11) is -3.18. The van der Waals surface area contributed by atoms with Crippen LogP contribution in [0.5, 0.6) is 0 Å². The molecule has 0 amide bonds. The molecule has 4 nitrogen and oxygen atoms in total. The molecule has 0 aliphatic heterocycles. The molecule has 0 saturated heterocycles. The van der Waals surface area contributed by atoms with Gasteiger partial charge in [0.1, 0.15) is 0 Å². The van der Waals surface area contributed by atoms with E-state index >= 15 is 0 Å². The minimum atomic E-state index is -3.18. The van der Waals surface area contributed by atoms with E-state index in [1.165, 1.54) is 6.26 Å². The summed E-state index contributed by atoms with van der Waals surface area (Å²) in [5.74, 6) is 0. The maximum atomic E-state index is 11.5. The van der Waals surface area contributed by atoms with Crippen LogP contribution in [0.1, 0.15) is 0 Å². The highest BCUT2D eigenvalue weighted by atomic mass is 127. The number of imidazole rings is 1. The van der Waals surface area contributed by atoms with Crippen LogP contribution in [0.15, 0.2) is 41.8 Å². The van der Waals surface area contributed by atoms with E-state index in [9.17, 15) is 8.42 Å². The molecule has 0 N–H and O–H groups in total. The highest BCUT2D eigenvalue weighted by molar-refractivity contribution is 14.1. The van der Waals surface area contributed by atoms with Crippen LogP contribution in [0.3, 0.4) is 0 Å². The molecule has 0 saturated carbocycles. The van der Waals surface area contributed by atoms with Crippen LogP contribution in [0, 0.1) is 3.57 Å². The zero-order valence-corrected chi connectivity index (χ0v) is 11.4. The number of hydrogen-bond acceptors (Lipinski definition) is 3. The minimum absolute atomic E-state index is 0.322. The first-order valence-corrected chi connectivity index (χ1v) is 7.43. The molecular formula is C10H9IN2O2S. The van der Waals surface area contributed by atoms with E-state index in [4.69, 9.17) is 0 Å². The third-order valence-electron chi connectivity index (χ3n) is 2.09. The summed E-state index contributed by atoms with van der Waals surface area (Å²) in [6, 6.07) is 5.19. The lowest BCUT2D eigenvalue weighted by Gasteiger charge is -2.06. The number of nitrogens with zero attached hydrogens (tertiary/aromatic N) is 2. The zero-order chi connectivity index (χ0) is 11.8. The summed E-state index contributed by atoms with van der Waals surface area (Å²) in [6.07, 6.45) is 6.27. The second-order valence-electron chi connectivity index (χ2n) is 3.39. The number of hydrogen-bond donors (Lipinski definition) is 0. The highest BCUT2D eigenvalue weighted by Crippen LogP contribution is 2.19. The van der Waals surface area contributed by atoms with Crippen molar-refractivity contribution in [2.45, 2.75) is 4.90 Å². The Morgan fingerprint density at radius 3 is 2.62 bits per heavy atom. The Balaban J connectivity index is 2.62. The fourth-order valence-corrected chi connectivity index (χ4v) is 2.86. The first-order chi connectivity index (χ1) is 7.47. The molecule has 0 radical (unpaired) electrons. The molecule has 0 spiro atoms. The number of aromatic nitrogens is 2. The third-order valence-corrected chi connectivity index (χ3v) is 3.80. The van der Waals surface area contributed by atoms with Crippen LogP contribution < -0.4 is 0 Å². The SMILES string of the molecule is CS(=O)(=O)c1cc(I)cc(-n2ccnc2)c1. The average molecular weight is 348 g/mol. The van der Waals surface area contributed by atoms with Gasteiger partial charge in [-0.05, 0) is 40.8 Å². The van der Waals surface area contributed by atoms with E-state index in [0.29, 0.717) is 4.90 Å². The number of halogens is 1. The van der Waals surface area contributed by atoms with Crippen molar-refractivity contribution in [3.05, 3.63) is 40.5 Å². The van der Waals surface area contributed by atoms with Gasteiger partial charge >= 0.3 is 0 Å². The predicted octanol–water partition coefficient (Wildman–Crippen LogP) is 1.88. The Labute approximate surface area is 107 Å². The summed E-state index contributed by atoms with van der Waals surface area (Å²) >= 11 is 2.10. The van der Waals surface area contributed by atoms with E-state index in [0.717, 1.165) is 9.26 Å². The molecule has 0 bridgehead atoms. The molecule has 2 rings (SSSR count). The van der Waals surface area contributed by atoms with Crippen molar-refractivity contribution in [3.63, 3.8) is 0 Å². The molecule has 0 fully saturated rings. The molecule has 2 aromatic rings. The van der Waals surface area contributed by atoms with Gasteiger partial charge in [-0.1, -0.05) is 0 Å². The molecule has 0 aliphatic carbocycles. The molecule has 0 unspecified atom stereocenters. The van der Waals surface area contributed by atoms with Crippen LogP contribution in [0.25, 0.3) is 5.69 Å². The molecule has 16 heavy (non-hydrogen) atoms. The van der Waals surface area contributed by atoms with E-state index in [1.807, 2.05) is 6.07 Å². The van der Waals surface area contributed by atoms with Crippen LogP contribution in [-0.2, 0) is 9.84 Å². The molecule has 1 aromatic heterocycles. The Kier molecular flexibility index (Phi) is 3.02. The average Bonchev–Trinajstić information content (AvgIpc) is 2.68. The number of benzene rings is 1. The summed E-state index contributed by atoms with van der Waals surface area (Å²) < 4.78 is 25.6. The van der Waals surface area contributed by atoms with Gasteiger partial charge in [0.25, 0.3) is 0 Å². The van der Waals surface area contributed by atoms with Gasteiger partial charge in [0.15, 0.2) is 9.84 Å². The lowest BCUT2D eigenvalue weighted by Crippen LogP contribution is -2.00. The molecule has 1 heterocycles. The Bertz CT molecular complexity index is 606. The van der Waals surface area contributed by atoms with E-state index < -0.39 is 9.84 Å². The van der Waals surface area contributed by atoms with Gasteiger partial charge in [0.05, 0.1) is 11.2 Å². The van der Waals surface area contributed by atoms with E-state index in [2.05, 4.69) is 27.6 Å². The Hall–Kier alpha value is -0.890. The van der Waals surface area contributed by atoms with Crippen LogP contribution in [0.4, 0.5) is 0 Å². The highest BCUT2D eigenvalue weighted by Gasteiger charge is 2.10. The van der Waals surface area contributed by atoms with Gasteiger partial charge in [-0.25, -0.2) is 13.4 Å². The van der Waals surface area contributed by atoms with E-state index in [1.54, 1.807) is 35.4 Å². The fourth-order valence-electron chi connectivity index (χ4n) is 1.32. The maximum Gasteiger partial charge on any atom is 0.175 e. The summed E-state index contributed by atoms with van der Waals surface area (Å²) in [5.41, 5.74) is 0.796. The quantitative estimate of drug-likeness (QED) is 0.779. The first-order valence-electron chi connectivity index (χ1n) is 4.46. The van der Waals surface area contributed by atoms with Gasteiger partial charge in [-0.3, -0.25) is 0 Å². The van der Waals surface area contributed by atoms with Crippen LogP contribution in [0.2, 0.25) is 0 Å². The summed E-state index contributed by atoms with van der Waals surface area (Å²) in [4.78, 5) is 4.25. The van der Waals surface area contributed by atoms with Crippen molar-refractivity contribution in [1.29, 1.82) is 0 Å². The topological polar surface area (TPSA) is 52.0 Å². The summed E-state index contributed by atoms with van der Waals surface area (Å²) in [6.45, 7) is 0. The predicted molar refractivity (Wildman–Crippen MR) is 69.4 cm³/mol. The van der Waals surface area contributed by atoms with Crippen LogP contribution >= 0.6 is 22.6 Å². The maximum absolute atomic E-state index is 11.5. The lowest BCUT2D eigenvalue weighted by molar-refractivity contribution is 0.601. The van der Waals surface area contributed by atoms with Crippen molar-refractivity contribution < 1.29 is 8.42 Å². The number of rotatable bonds is 2. The molecule has 1 aromatic carbocycles. The molecule has 6 heteroatoms. The zero-order valence-electron chi connectivity index (χ0n) is 8.46.